The molecule has 2 rings (SSSR count). The zero-order valence-electron chi connectivity index (χ0n) is 11.4. The number of hydrogen-bond donors (Lipinski definition) is 1. The molecular weight excluding hydrogens is 308 g/mol. The summed E-state index contributed by atoms with van der Waals surface area (Å²) in [6, 6.07) is 5.60. The van der Waals surface area contributed by atoms with Crippen LogP contribution in [0.3, 0.4) is 0 Å². The molecule has 1 aliphatic carbocycles. The van der Waals surface area contributed by atoms with E-state index in [0.29, 0.717) is 21.8 Å². The fourth-order valence-electron chi connectivity index (χ4n) is 3.04. The molecule has 0 aromatic heterocycles. The van der Waals surface area contributed by atoms with E-state index in [1.807, 2.05) is 6.07 Å². The van der Waals surface area contributed by atoms with Gasteiger partial charge >= 0.3 is 0 Å². The quantitative estimate of drug-likeness (QED) is 0.652. The molecule has 1 saturated carbocycles. The van der Waals surface area contributed by atoms with E-state index in [4.69, 9.17) is 0 Å². The first-order chi connectivity index (χ1) is 8.78. The van der Waals surface area contributed by atoms with Crippen molar-refractivity contribution in [1.29, 1.82) is 0 Å². The first kappa shape index (κ1) is 14.3. The number of benzene rings is 1. The standard InChI is InChI=1S/C14H19BrN2O2/c1-9-7-14(2,3)8-12(9)16-10-4-5-11(15)13(6-10)17(18)19/h4-6,9,12,16H,7-8H2,1-3H3. The lowest BCUT2D eigenvalue weighted by Gasteiger charge is -2.19. The van der Waals surface area contributed by atoms with Gasteiger partial charge in [-0.2, -0.15) is 0 Å². The van der Waals surface area contributed by atoms with Gasteiger partial charge in [0.25, 0.3) is 5.69 Å². The van der Waals surface area contributed by atoms with E-state index in [1.165, 1.54) is 6.42 Å². The van der Waals surface area contributed by atoms with Crippen molar-refractivity contribution < 1.29 is 4.92 Å². The van der Waals surface area contributed by atoms with E-state index < -0.39 is 0 Å². The lowest BCUT2D eigenvalue weighted by Crippen LogP contribution is -2.22. The zero-order chi connectivity index (χ0) is 14.2. The van der Waals surface area contributed by atoms with Crippen LogP contribution in [0.4, 0.5) is 11.4 Å². The Balaban J connectivity index is 2.16. The van der Waals surface area contributed by atoms with Gasteiger partial charge in [-0.3, -0.25) is 10.1 Å². The summed E-state index contributed by atoms with van der Waals surface area (Å²) in [6.45, 7) is 6.78. The molecule has 2 unspecified atom stereocenters. The third kappa shape index (κ3) is 3.26. The molecule has 4 nitrogen and oxygen atoms in total. The number of nitro groups is 1. The largest absolute Gasteiger partial charge is 0.382 e. The van der Waals surface area contributed by atoms with Crippen molar-refractivity contribution >= 4 is 27.3 Å². The van der Waals surface area contributed by atoms with Crippen molar-refractivity contribution in [2.45, 2.75) is 39.7 Å². The highest BCUT2D eigenvalue weighted by Crippen LogP contribution is 2.42. The van der Waals surface area contributed by atoms with Crippen molar-refractivity contribution in [3.05, 3.63) is 32.8 Å². The SMILES string of the molecule is CC1CC(C)(C)CC1Nc1ccc(Br)c([N+](=O)[O-])c1. The monoisotopic (exact) mass is 326 g/mol. The first-order valence-corrected chi connectivity index (χ1v) is 7.28. The molecule has 0 aliphatic heterocycles. The summed E-state index contributed by atoms with van der Waals surface area (Å²) in [5.41, 5.74) is 1.28. The topological polar surface area (TPSA) is 55.2 Å². The third-order valence-electron chi connectivity index (χ3n) is 3.83. The molecule has 0 bridgehead atoms. The average molecular weight is 327 g/mol. The Kier molecular flexibility index (Phi) is 3.85. The van der Waals surface area contributed by atoms with Crippen molar-refractivity contribution in [3.63, 3.8) is 0 Å². The molecule has 0 heterocycles. The third-order valence-corrected chi connectivity index (χ3v) is 4.50. The molecular formula is C14H19BrN2O2. The highest BCUT2D eigenvalue weighted by Gasteiger charge is 2.36. The lowest BCUT2D eigenvalue weighted by atomic mass is 9.91. The predicted molar refractivity (Wildman–Crippen MR) is 80.4 cm³/mol. The summed E-state index contributed by atoms with van der Waals surface area (Å²) in [5, 5.41) is 14.4. The Morgan fingerprint density at radius 1 is 1.42 bits per heavy atom. The normalized spacial score (nSPS) is 25.3. The van der Waals surface area contributed by atoms with Crippen LogP contribution in [-0.2, 0) is 0 Å². The molecule has 2 atom stereocenters. The van der Waals surface area contributed by atoms with Gasteiger partial charge in [0.15, 0.2) is 0 Å². The molecule has 0 radical (unpaired) electrons. The van der Waals surface area contributed by atoms with Gasteiger partial charge in [-0.25, -0.2) is 0 Å². The summed E-state index contributed by atoms with van der Waals surface area (Å²) < 4.78 is 0.517. The van der Waals surface area contributed by atoms with Crippen LogP contribution in [0.2, 0.25) is 0 Å². The second-order valence-electron chi connectivity index (χ2n) is 6.22. The minimum absolute atomic E-state index is 0.106. The number of nitro benzene ring substituents is 1. The number of hydrogen-bond acceptors (Lipinski definition) is 3. The molecule has 104 valence electrons. The summed E-state index contributed by atoms with van der Waals surface area (Å²) in [4.78, 5) is 10.6. The molecule has 0 saturated heterocycles. The number of nitrogens with zero attached hydrogens (tertiary/aromatic N) is 1. The second-order valence-corrected chi connectivity index (χ2v) is 7.08. The lowest BCUT2D eigenvalue weighted by molar-refractivity contribution is -0.385. The minimum Gasteiger partial charge on any atom is -0.382 e. The zero-order valence-corrected chi connectivity index (χ0v) is 13.0. The number of anilines is 1. The maximum absolute atomic E-state index is 10.9. The van der Waals surface area contributed by atoms with E-state index >= 15 is 0 Å². The predicted octanol–water partition coefficient (Wildman–Crippen LogP) is 4.59. The van der Waals surface area contributed by atoms with Crippen LogP contribution in [0.15, 0.2) is 22.7 Å². The minimum atomic E-state index is -0.364. The van der Waals surface area contributed by atoms with Gasteiger partial charge in [0.1, 0.15) is 0 Å². The Morgan fingerprint density at radius 2 is 2.11 bits per heavy atom. The summed E-state index contributed by atoms with van der Waals surface area (Å²) in [5.74, 6) is 0.581. The van der Waals surface area contributed by atoms with Gasteiger partial charge in [0, 0.05) is 17.8 Å². The highest BCUT2D eigenvalue weighted by molar-refractivity contribution is 9.10. The molecule has 1 aromatic rings. The van der Waals surface area contributed by atoms with Crippen molar-refractivity contribution in [2.75, 3.05) is 5.32 Å². The average Bonchev–Trinajstić information content (AvgIpc) is 2.54. The molecule has 0 amide bonds. The second kappa shape index (κ2) is 5.12. The van der Waals surface area contributed by atoms with E-state index in [9.17, 15) is 10.1 Å². The Hall–Kier alpha value is -1.10. The summed E-state index contributed by atoms with van der Waals surface area (Å²) in [6.07, 6.45) is 2.28. The first-order valence-electron chi connectivity index (χ1n) is 6.49. The molecule has 19 heavy (non-hydrogen) atoms. The van der Waals surface area contributed by atoms with Crippen LogP contribution in [0.25, 0.3) is 0 Å². The maximum Gasteiger partial charge on any atom is 0.285 e. The number of nitrogens with one attached hydrogen (secondary N) is 1. The number of rotatable bonds is 3. The fraction of sp³-hybridized carbons (Fsp3) is 0.571. The summed E-state index contributed by atoms with van der Waals surface area (Å²) in [7, 11) is 0. The van der Waals surface area contributed by atoms with Crippen LogP contribution in [0.1, 0.15) is 33.6 Å². The molecule has 5 heteroatoms. The van der Waals surface area contributed by atoms with Gasteiger partial charge in [-0.15, -0.1) is 0 Å². The molecule has 1 fully saturated rings. The maximum atomic E-state index is 10.9. The Labute approximate surface area is 121 Å². The molecule has 1 aliphatic rings. The van der Waals surface area contributed by atoms with Gasteiger partial charge in [-0.1, -0.05) is 20.8 Å². The van der Waals surface area contributed by atoms with Crippen molar-refractivity contribution in [1.82, 2.24) is 0 Å². The van der Waals surface area contributed by atoms with Crippen LogP contribution in [0, 0.1) is 21.4 Å². The van der Waals surface area contributed by atoms with E-state index in [-0.39, 0.29) is 10.6 Å². The van der Waals surface area contributed by atoms with Gasteiger partial charge in [-0.05, 0) is 52.2 Å². The van der Waals surface area contributed by atoms with Crippen molar-refractivity contribution in [2.24, 2.45) is 11.3 Å². The van der Waals surface area contributed by atoms with E-state index in [2.05, 4.69) is 42.0 Å². The van der Waals surface area contributed by atoms with Crippen molar-refractivity contribution in [3.8, 4) is 0 Å². The molecule has 1 aromatic carbocycles. The van der Waals surface area contributed by atoms with E-state index in [0.717, 1.165) is 12.1 Å². The van der Waals surface area contributed by atoms with Crippen LogP contribution in [-0.4, -0.2) is 11.0 Å². The van der Waals surface area contributed by atoms with Gasteiger partial charge in [0.2, 0.25) is 0 Å². The smallest absolute Gasteiger partial charge is 0.285 e. The highest BCUT2D eigenvalue weighted by atomic mass is 79.9. The van der Waals surface area contributed by atoms with Crippen LogP contribution >= 0.6 is 15.9 Å². The van der Waals surface area contributed by atoms with Crippen LogP contribution < -0.4 is 5.32 Å². The van der Waals surface area contributed by atoms with Crippen LogP contribution in [0.5, 0.6) is 0 Å². The van der Waals surface area contributed by atoms with Gasteiger partial charge < -0.3 is 5.32 Å². The molecule has 0 spiro atoms. The summed E-state index contributed by atoms with van der Waals surface area (Å²) >= 11 is 3.20. The van der Waals surface area contributed by atoms with Gasteiger partial charge in [0.05, 0.1) is 9.40 Å². The molecule has 1 N–H and O–H groups in total. The van der Waals surface area contributed by atoms with E-state index in [1.54, 1.807) is 12.1 Å². The Morgan fingerprint density at radius 3 is 2.63 bits per heavy atom. The number of halogens is 1. The Bertz CT molecular complexity index is 502. The fourth-order valence-corrected chi connectivity index (χ4v) is 3.43.